The molecule has 19 heavy (non-hydrogen) atoms. The molecule has 0 unspecified atom stereocenters. The highest BCUT2D eigenvalue weighted by atomic mass is 15.2. The van der Waals surface area contributed by atoms with Crippen LogP contribution in [0, 0.1) is 0 Å². The minimum atomic E-state index is 0.119. The molecule has 0 amide bonds. The quantitative estimate of drug-likeness (QED) is 0.909. The third-order valence-corrected chi connectivity index (χ3v) is 3.39. The average molecular weight is 262 g/mol. The minimum absolute atomic E-state index is 0.119. The third-order valence-electron chi connectivity index (χ3n) is 3.39. The van der Waals surface area contributed by atoms with Gasteiger partial charge in [-0.3, -0.25) is 0 Å². The highest BCUT2D eigenvalue weighted by Crippen LogP contribution is 2.15. The number of nitrogens with zero attached hydrogens (tertiary/aromatic N) is 3. The molecule has 1 aromatic rings. The summed E-state index contributed by atoms with van der Waals surface area (Å²) in [5.41, 5.74) is 1.19. The predicted molar refractivity (Wildman–Crippen MR) is 79.3 cm³/mol. The molecule has 1 N–H and O–H groups in total. The van der Waals surface area contributed by atoms with E-state index >= 15 is 0 Å². The Balaban J connectivity index is 2.01. The van der Waals surface area contributed by atoms with Gasteiger partial charge >= 0.3 is 0 Å². The van der Waals surface area contributed by atoms with Crippen LogP contribution in [0.15, 0.2) is 12.3 Å². The molecule has 1 aliphatic heterocycles. The molecular formula is C15H26N4. The van der Waals surface area contributed by atoms with Crippen LogP contribution in [-0.4, -0.2) is 28.6 Å². The highest BCUT2D eigenvalue weighted by Gasteiger charge is 2.13. The van der Waals surface area contributed by atoms with Crippen molar-refractivity contribution in [3.8, 4) is 0 Å². The lowest BCUT2D eigenvalue weighted by Gasteiger charge is -2.22. The first-order valence-corrected chi connectivity index (χ1v) is 7.36. The smallest absolute Gasteiger partial charge is 0.225 e. The zero-order chi connectivity index (χ0) is 13.7. The fraction of sp³-hybridized carbons (Fsp3) is 0.733. The molecule has 0 radical (unpaired) electrons. The Labute approximate surface area is 116 Å². The maximum atomic E-state index is 4.69. The Bertz CT molecular complexity index is 389. The number of nitrogens with one attached hydrogen (secondary N) is 1. The van der Waals surface area contributed by atoms with Gasteiger partial charge in [0, 0.05) is 31.4 Å². The molecule has 0 aliphatic carbocycles. The van der Waals surface area contributed by atoms with Gasteiger partial charge in [0.05, 0.1) is 5.69 Å². The zero-order valence-electron chi connectivity index (χ0n) is 12.4. The number of rotatable bonds is 3. The van der Waals surface area contributed by atoms with Crippen LogP contribution in [0.2, 0.25) is 0 Å². The molecule has 0 atom stereocenters. The summed E-state index contributed by atoms with van der Waals surface area (Å²) in [5, 5.41) is 3.47. The first-order chi connectivity index (χ1) is 9.04. The Kier molecular flexibility index (Phi) is 4.75. The van der Waals surface area contributed by atoms with E-state index in [9.17, 15) is 0 Å². The van der Waals surface area contributed by atoms with Gasteiger partial charge in [-0.2, -0.15) is 0 Å². The molecule has 2 heterocycles. The van der Waals surface area contributed by atoms with Crippen LogP contribution in [0.1, 0.15) is 52.1 Å². The second kappa shape index (κ2) is 6.33. The normalized spacial score (nSPS) is 17.3. The number of aromatic nitrogens is 2. The van der Waals surface area contributed by atoms with Crippen LogP contribution in [0.4, 0.5) is 5.95 Å². The van der Waals surface area contributed by atoms with Crippen LogP contribution < -0.4 is 10.2 Å². The van der Waals surface area contributed by atoms with Crippen molar-refractivity contribution in [1.82, 2.24) is 15.3 Å². The van der Waals surface area contributed by atoms with Gasteiger partial charge in [0.15, 0.2) is 0 Å². The molecule has 1 aliphatic rings. The predicted octanol–water partition coefficient (Wildman–Crippen LogP) is 2.75. The van der Waals surface area contributed by atoms with E-state index in [0.717, 1.165) is 31.3 Å². The molecular weight excluding hydrogens is 236 g/mol. The topological polar surface area (TPSA) is 41.1 Å². The van der Waals surface area contributed by atoms with Crippen molar-refractivity contribution in [2.45, 2.75) is 58.5 Å². The van der Waals surface area contributed by atoms with Crippen molar-refractivity contribution in [2.75, 3.05) is 18.0 Å². The molecule has 2 rings (SSSR count). The summed E-state index contributed by atoms with van der Waals surface area (Å²) in [6.45, 7) is 9.50. The van der Waals surface area contributed by atoms with Gasteiger partial charge in [-0.1, -0.05) is 12.8 Å². The van der Waals surface area contributed by atoms with E-state index in [-0.39, 0.29) is 5.54 Å². The number of hydrogen-bond donors (Lipinski definition) is 1. The van der Waals surface area contributed by atoms with E-state index in [0.29, 0.717) is 0 Å². The van der Waals surface area contributed by atoms with Gasteiger partial charge in [0.2, 0.25) is 5.95 Å². The molecule has 4 heteroatoms. The molecule has 0 aromatic carbocycles. The van der Waals surface area contributed by atoms with E-state index in [1.165, 1.54) is 25.7 Å². The van der Waals surface area contributed by atoms with Gasteiger partial charge in [-0.15, -0.1) is 0 Å². The summed E-state index contributed by atoms with van der Waals surface area (Å²) in [6.07, 6.45) is 7.07. The summed E-state index contributed by atoms with van der Waals surface area (Å²) < 4.78 is 0. The van der Waals surface area contributed by atoms with Crippen molar-refractivity contribution in [2.24, 2.45) is 0 Å². The summed E-state index contributed by atoms with van der Waals surface area (Å²) in [6, 6.07) is 2.00. The van der Waals surface area contributed by atoms with Crippen molar-refractivity contribution in [1.29, 1.82) is 0 Å². The molecule has 0 saturated carbocycles. The maximum Gasteiger partial charge on any atom is 0.225 e. The van der Waals surface area contributed by atoms with Gasteiger partial charge in [-0.05, 0) is 39.7 Å². The fourth-order valence-corrected chi connectivity index (χ4v) is 2.26. The van der Waals surface area contributed by atoms with Crippen molar-refractivity contribution in [3.63, 3.8) is 0 Å². The number of anilines is 1. The molecule has 0 bridgehead atoms. The Morgan fingerprint density at radius 2 is 1.84 bits per heavy atom. The maximum absolute atomic E-state index is 4.69. The Hall–Kier alpha value is -1.16. The SMILES string of the molecule is CC(C)(C)NCc1ccnc(N2CCCCCC2)n1. The van der Waals surface area contributed by atoms with E-state index in [4.69, 9.17) is 4.98 Å². The van der Waals surface area contributed by atoms with Crippen LogP contribution >= 0.6 is 0 Å². The molecule has 106 valence electrons. The molecule has 0 spiro atoms. The first-order valence-electron chi connectivity index (χ1n) is 7.36. The third kappa shape index (κ3) is 4.78. The summed E-state index contributed by atoms with van der Waals surface area (Å²) in [5.74, 6) is 0.898. The monoisotopic (exact) mass is 262 g/mol. The van der Waals surface area contributed by atoms with E-state index in [1.54, 1.807) is 0 Å². The van der Waals surface area contributed by atoms with Gasteiger partial charge in [-0.25, -0.2) is 9.97 Å². The molecule has 1 saturated heterocycles. The van der Waals surface area contributed by atoms with Crippen LogP contribution in [-0.2, 0) is 6.54 Å². The van der Waals surface area contributed by atoms with E-state index in [1.807, 2.05) is 12.3 Å². The van der Waals surface area contributed by atoms with E-state index < -0.39 is 0 Å². The Morgan fingerprint density at radius 1 is 1.16 bits per heavy atom. The van der Waals surface area contributed by atoms with Crippen LogP contribution in [0.5, 0.6) is 0 Å². The van der Waals surface area contributed by atoms with Gasteiger partial charge in [0.1, 0.15) is 0 Å². The Morgan fingerprint density at radius 3 is 2.47 bits per heavy atom. The lowest BCUT2D eigenvalue weighted by molar-refractivity contribution is 0.421. The van der Waals surface area contributed by atoms with Crippen molar-refractivity contribution >= 4 is 5.95 Å². The second-order valence-corrected chi connectivity index (χ2v) is 6.35. The van der Waals surface area contributed by atoms with E-state index in [2.05, 4.69) is 36.0 Å². The molecule has 1 aromatic heterocycles. The highest BCUT2D eigenvalue weighted by molar-refractivity contribution is 5.30. The molecule has 4 nitrogen and oxygen atoms in total. The lowest BCUT2D eigenvalue weighted by Crippen LogP contribution is -2.35. The second-order valence-electron chi connectivity index (χ2n) is 6.35. The minimum Gasteiger partial charge on any atom is -0.341 e. The first kappa shape index (κ1) is 14.3. The summed E-state index contributed by atoms with van der Waals surface area (Å²) in [7, 11) is 0. The number of hydrogen-bond acceptors (Lipinski definition) is 4. The van der Waals surface area contributed by atoms with Crippen LogP contribution in [0.3, 0.4) is 0 Å². The average Bonchev–Trinajstić information content (AvgIpc) is 2.65. The summed E-state index contributed by atoms with van der Waals surface area (Å²) in [4.78, 5) is 11.5. The van der Waals surface area contributed by atoms with Crippen molar-refractivity contribution < 1.29 is 0 Å². The van der Waals surface area contributed by atoms with Crippen molar-refractivity contribution in [3.05, 3.63) is 18.0 Å². The molecule has 1 fully saturated rings. The zero-order valence-corrected chi connectivity index (χ0v) is 12.4. The van der Waals surface area contributed by atoms with Gasteiger partial charge in [0.25, 0.3) is 0 Å². The summed E-state index contributed by atoms with van der Waals surface area (Å²) >= 11 is 0. The fourth-order valence-electron chi connectivity index (χ4n) is 2.26. The van der Waals surface area contributed by atoms with Gasteiger partial charge < -0.3 is 10.2 Å². The van der Waals surface area contributed by atoms with Crippen LogP contribution in [0.25, 0.3) is 0 Å². The lowest BCUT2D eigenvalue weighted by atomic mass is 10.1. The largest absolute Gasteiger partial charge is 0.341 e. The standard InChI is InChI=1S/C15H26N4/c1-15(2,3)17-12-13-8-9-16-14(18-13)19-10-6-4-5-7-11-19/h8-9,17H,4-7,10-12H2,1-3H3.